The molecule has 0 aliphatic carbocycles. The van der Waals surface area contributed by atoms with Gasteiger partial charge in [-0.3, -0.25) is 0 Å². The molecule has 1 heterocycles. The Morgan fingerprint density at radius 1 is 1.22 bits per heavy atom. The summed E-state index contributed by atoms with van der Waals surface area (Å²) < 4.78 is 17.6. The van der Waals surface area contributed by atoms with Crippen LogP contribution in [0.2, 0.25) is 0 Å². The molecule has 0 radical (unpaired) electrons. The summed E-state index contributed by atoms with van der Waals surface area (Å²) in [6.45, 7) is 0. The van der Waals surface area contributed by atoms with Gasteiger partial charge in [0.2, 0.25) is 9.92 Å². The Morgan fingerprint density at radius 2 is 1.56 bits per heavy atom. The van der Waals surface area contributed by atoms with E-state index in [-0.39, 0.29) is 0 Å². The molecule has 0 saturated heterocycles. The first kappa shape index (κ1) is 8.94. The van der Waals surface area contributed by atoms with Gasteiger partial charge in [-0.2, -0.15) is 11.3 Å². The molecule has 0 unspecified atom stereocenters. The van der Waals surface area contributed by atoms with Crippen LogP contribution in [0.3, 0.4) is 0 Å². The summed E-state index contributed by atoms with van der Waals surface area (Å²) in [5.41, 5.74) is 0. The van der Waals surface area contributed by atoms with Gasteiger partial charge in [0, 0.05) is 10.7 Å². The number of halogens is 1. The predicted octanol–water partition coefficient (Wildman–Crippen LogP) is 1.50. The molecule has 0 saturated carbocycles. The fraction of sp³-hybridized carbons (Fsp3) is 0. The maximum atomic E-state index is 8.80. The van der Waals surface area contributed by atoms with Crippen molar-refractivity contribution >= 4 is 31.9 Å². The van der Waals surface area contributed by atoms with E-state index in [0.717, 1.165) is 0 Å². The fourth-order valence-corrected chi connectivity index (χ4v) is 0.680. The lowest BCUT2D eigenvalue weighted by Crippen LogP contribution is -1.41. The quantitative estimate of drug-likeness (QED) is 0.490. The van der Waals surface area contributed by atoms with Crippen molar-refractivity contribution in [1.29, 1.82) is 0 Å². The summed E-state index contributed by atoms with van der Waals surface area (Å²) in [5, 5.41) is 4.08. The number of rotatable bonds is 0. The zero-order chi connectivity index (χ0) is 7.11. The van der Waals surface area contributed by atoms with Crippen LogP contribution >= 0.6 is 22.0 Å². The second-order valence-electron chi connectivity index (χ2n) is 1.01. The van der Waals surface area contributed by atoms with Crippen LogP contribution < -0.4 is 0 Å². The normalized spacial score (nSPS) is 8.22. The lowest BCUT2D eigenvalue weighted by molar-refractivity contribution is 0.626. The molecule has 9 heavy (non-hydrogen) atoms. The minimum atomic E-state index is -2.65. The van der Waals surface area contributed by atoms with Gasteiger partial charge in [-0.05, 0) is 10.8 Å². The van der Waals surface area contributed by atoms with E-state index in [9.17, 15) is 0 Å². The first-order valence-electron chi connectivity index (χ1n) is 2.01. The van der Waals surface area contributed by atoms with Crippen LogP contribution in [0.15, 0.2) is 22.9 Å². The molecule has 0 aromatic carbocycles. The van der Waals surface area contributed by atoms with Gasteiger partial charge in [0.05, 0.1) is 0 Å². The van der Waals surface area contributed by atoms with Gasteiger partial charge in [0.1, 0.15) is 0 Å². The summed E-state index contributed by atoms with van der Waals surface area (Å²) in [6, 6.07) is 4.04. The number of hydrogen-bond acceptors (Lipinski definition) is 3. The highest BCUT2D eigenvalue weighted by atomic mass is 35.7. The third-order valence-corrected chi connectivity index (χ3v) is 1.05. The van der Waals surface area contributed by atoms with Crippen molar-refractivity contribution < 1.29 is 8.42 Å². The minimum absolute atomic E-state index is 1.71. The van der Waals surface area contributed by atoms with E-state index in [0.29, 0.717) is 0 Å². The number of thiol groups is 1. The van der Waals surface area contributed by atoms with Crippen LogP contribution in [0.4, 0.5) is 0 Å². The largest absolute Gasteiger partial charge is 0.222 e. The van der Waals surface area contributed by atoms with E-state index < -0.39 is 9.92 Å². The maximum Gasteiger partial charge on any atom is 0.222 e. The van der Waals surface area contributed by atoms with Crippen molar-refractivity contribution in [3.05, 3.63) is 22.9 Å². The van der Waals surface area contributed by atoms with Crippen LogP contribution in [-0.4, -0.2) is 8.42 Å². The molecule has 1 aromatic rings. The first-order valence-corrected chi connectivity index (χ1v) is 5.03. The topological polar surface area (TPSA) is 34.1 Å². The van der Waals surface area contributed by atoms with E-state index >= 15 is 0 Å². The third kappa shape index (κ3) is 11.5. The summed E-state index contributed by atoms with van der Waals surface area (Å²) in [4.78, 5) is 0. The van der Waals surface area contributed by atoms with Gasteiger partial charge in [-0.1, -0.05) is 12.1 Å². The number of thiophene rings is 1. The second-order valence-corrected chi connectivity index (χ2v) is 3.08. The fourth-order valence-electron chi connectivity index (χ4n) is 0.227. The van der Waals surface area contributed by atoms with Crippen molar-refractivity contribution in [3.63, 3.8) is 0 Å². The smallest absolute Gasteiger partial charge is 0.215 e. The average Bonchev–Trinajstić information content (AvgIpc) is 2.11. The zero-order valence-electron chi connectivity index (χ0n) is 4.36. The van der Waals surface area contributed by atoms with Gasteiger partial charge >= 0.3 is 0 Å². The Labute approximate surface area is 63.5 Å². The number of hydrogen-bond donors (Lipinski definition) is 1. The Bertz CT molecular complexity index is 167. The molecular formula is C4H5ClO2S2. The van der Waals surface area contributed by atoms with Crippen LogP contribution in [-0.2, 0) is 9.92 Å². The first-order chi connectivity index (χ1) is 4.23. The molecule has 5 heteroatoms. The molecular weight excluding hydrogens is 180 g/mol. The lowest BCUT2D eigenvalue weighted by Gasteiger charge is -1.39. The van der Waals surface area contributed by atoms with Gasteiger partial charge in [-0.25, -0.2) is 8.42 Å². The van der Waals surface area contributed by atoms with E-state index in [4.69, 9.17) is 8.42 Å². The Morgan fingerprint density at radius 3 is 1.67 bits per heavy atom. The summed E-state index contributed by atoms with van der Waals surface area (Å²) in [6.07, 6.45) is 0. The second kappa shape index (κ2) is 6.07. The Balaban J connectivity index is 0.000000148. The van der Waals surface area contributed by atoms with E-state index in [1.54, 1.807) is 11.3 Å². The molecule has 0 bridgehead atoms. The van der Waals surface area contributed by atoms with Crippen molar-refractivity contribution in [2.45, 2.75) is 0 Å². The molecule has 0 aliphatic rings. The molecule has 0 atom stereocenters. The van der Waals surface area contributed by atoms with E-state index in [1.165, 1.54) is 0 Å². The molecule has 0 amide bonds. The summed E-state index contributed by atoms with van der Waals surface area (Å²) >= 11 is 1.71. The monoisotopic (exact) mass is 184 g/mol. The molecule has 0 fully saturated rings. The summed E-state index contributed by atoms with van der Waals surface area (Å²) in [5.74, 6) is 0. The van der Waals surface area contributed by atoms with E-state index in [1.807, 2.05) is 22.9 Å². The highest BCUT2D eigenvalue weighted by molar-refractivity contribution is 7.98. The molecule has 1 rings (SSSR count). The van der Waals surface area contributed by atoms with Crippen molar-refractivity contribution in [2.24, 2.45) is 0 Å². The van der Waals surface area contributed by atoms with Crippen LogP contribution in [0, 0.1) is 0 Å². The zero-order valence-corrected chi connectivity index (χ0v) is 6.83. The lowest BCUT2D eigenvalue weighted by atomic mass is 10.7. The molecule has 0 aliphatic heterocycles. The van der Waals surface area contributed by atoms with Gasteiger partial charge < -0.3 is 0 Å². The predicted molar refractivity (Wildman–Crippen MR) is 40.5 cm³/mol. The molecule has 52 valence electrons. The van der Waals surface area contributed by atoms with Crippen molar-refractivity contribution in [2.75, 3.05) is 0 Å². The average molecular weight is 185 g/mol. The van der Waals surface area contributed by atoms with Crippen molar-refractivity contribution in [3.8, 4) is 0 Å². The van der Waals surface area contributed by atoms with Gasteiger partial charge in [0.15, 0.2) is 0 Å². The highest BCUT2D eigenvalue weighted by Crippen LogP contribution is 1.91. The van der Waals surface area contributed by atoms with Crippen LogP contribution in [0.5, 0.6) is 0 Å². The molecule has 2 nitrogen and oxygen atoms in total. The molecule has 0 spiro atoms. The van der Waals surface area contributed by atoms with Gasteiger partial charge in [-0.15, -0.1) is 0 Å². The maximum absolute atomic E-state index is 8.80. The third-order valence-electron chi connectivity index (χ3n) is 0.425. The molecule has 1 aromatic heterocycles. The highest BCUT2D eigenvalue weighted by Gasteiger charge is 1.58. The van der Waals surface area contributed by atoms with Crippen LogP contribution in [0.25, 0.3) is 0 Å². The Kier molecular flexibility index (Phi) is 6.03. The molecule has 0 N–H and O–H groups in total. The minimum Gasteiger partial charge on any atom is -0.215 e. The van der Waals surface area contributed by atoms with Crippen molar-refractivity contribution in [1.82, 2.24) is 0 Å². The summed E-state index contributed by atoms with van der Waals surface area (Å²) in [7, 11) is 1.58. The van der Waals surface area contributed by atoms with Crippen LogP contribution in [0.1, 0.15) is 0 Å². The van der Waals surface area contributed by atoms with E-state index in [2.05, 4.69) is 10.7 Å². The SMILES string of the molecule is O=[SH](=O)Cl.c1ccsc1. The van der Waals surface area contributed by atoms with Gasteiger partial charge in [0.25, 0.3) is 0 Å². The Hall–Kier alpha value is -0.0600. The standard InChI is InChI=1S/C4H4S.ClHO2S/c1-2-4-5-3-1;1-4(2)3/h1-4H;4H.